The Kier molecular flexibility index (Phi) is 5.44. The number of nitrogens with one attached hydrogen (secondary N) is 2. The van der Waals surface area contributed by atoms with Crippen molar-refractivity contribution in [3.8, 4) is 0 Å². The molecular formula is C14H28N2O. The third-order valence-electron chi connectivity index (χ3n) is 3.52. The lowest BCUT2D eigenvalue weighted by Crippen LogP contribution is -2.47. The molecule has 1 rings (SSSR count). The van der Waals surface area contributed by atoms with E-state index in [0.29, 0.717) is 18.5 Å². The van der Waals surface area contributed by atoms with Crippen LogP contribution >= 0.6 is 0 Å². The fourth-order valence-electron chi connectivity index (χ4n) is 2.40. The van der Waals surface area contributed by atoms with Crippen LogP contribution in [0.25, 0.3) is 0 Å². The minimum atomic E-state index is 0.00537. The Balaban J connectivity index is 2.25. The number of carbonyl (C=O) groups is 1. The summed E-state index contributed by atoms with van der Waals surface area (Å²) >= 11 is 0. The van der Waals surface area contributed by atoms with Crippen molar-refractivity contribution in [3.63, 3.8) is 0 Å². The zero-order valence-electron chi connectivity index (χ0n) is 11.8. The van der Waals surface area contributed by atoms with Gasteiger partial charge in [0.05, 0.1) is 6.54 Å². The number of amides is 1. The van der Waals surface area contributed by atoms with Crippen molar-refractivity contribution in [2.24, 2.45) is 5.92 Å². The highest BCUT2D eigenvalue weighted by molar-refractivity contribution is 5.78. The molecule has 1 aliphatic rings. The first kappa shape index (κ1) is 14.5. The lowest BCUT2D eigenvalue weighted by atomic mass is 9.84. The van der Waals surface area contributed by atoms with Gasteiger partial charge < -0.3 is 10.6 Å². The summed E-state index contributed by atoms with van der Waals surface area (Å²) in [6, 6.07) is 0.324. The SMILES string of the molecule is C[C@H](NC(=O)CNC(C)(C)C)C1CCCCC1. The Morgan fingerprint density at radius 3 is 2.35 bits per heavy atom. The number of hydrogen-bond acceptors (Lipinski definition) is 2. The maximum absolute atomic E-state index is 11.8. The third-order valence-corrected chi connectivity index (χ3v) is 3.52. The van der Waals surface area contributed by atoms with Crippen LogP contribution in [-0.4, -0.2) is 24.0 Å². The van der Waals surface area contributed by atoms with Gasteiger partial charge in [-0.25, -0.2) is 0 Å². The molecule has 3 nitrogen and oxygen atoms in total. The molecule has 0 bridgehead atoms. The Bertz CT molecular complexity index is 239. The topological polar surface area (TPSA) is 41.1 Å². The van der Waals surface area contributed by atoms with Crippen LogP contribution in [0, 0.1) is 5.92 Å². The average molecular weight is 240 g/mol. The first-order valence-electron chi connectivity index (χ1n) is 6.93. The van der Waals surface area contributed by atoms with Gasteiger partial charge in [0.1, 0.15) is 0 Å². The normalized spacial score (nSPS) is 20.0. The summed E-state index contributed by atoms with van der Waals surface area (Å²) in [5.74, 6) is 0.806. The van der Waals surface area contributed by atoms with E-state index in [1.165, 1.54) is 32.1 Å². The Morgan fingerprint density at radius 1 is 1.24 bits per heavy atom. The van der Waals surface area contributed by atoms with E-state index in [-0.39, 0.29) is 11.4 Å². The van der Waals surface area contributed by atoms with Crippen molar-refractivity contribution >= 4 is 5.91 Å². The van der Waals surface area contributed by atoms with Crippen LogP contribution < -0.4 is 10.6 Å². The van der Waals surface area contributed by atoms with Gasteiger partial charge in [-0.2, -0.15) is 0 Å². The zero-order valence-corrected chi connectivity index (χ0v) is 11.8. The Morgan fingerprint density at radius 2 is 1.82 bits per heavy atom. The molecule has 1 amide bonds. The smallest absolute Gasteiger partial charge is 0.234 e. The Labute approximate surface area is 106 Å². The van der Waals surface area contributed by atoms with Gasteiger partial charge in [-0.3, -0.25) is 4.79 Å². The van der Waals surface area contributed by atoms with Crippen LogP contribution in [0.4, 0.5) is 0 Å². The van der Waals surface area contributed by atoms with E-state index in [9.17, 15) is 4.79 Å². The summed E-state index contributed by atoms with van der Waals surface area (Å²) in [6.07, 6.45) is 6.56. The predicted molar refractivity (Wildman–Crippen MR) is 71.9 cm³/mol. The molecule has 100 valence electrons. The molecule has 0 aromatic carbocycles. The summed E-state index contributed by atoms with van der Waals surface area (Å²) in [7, 11) is 0. The van der Waals surface area contributed by atoms with E-state index < -0.39 is 0 Å². The average Bonchev–Trinajstić information content (AvgIpc) is 2.27. The standard InChI is InChI=1S/C14H28N2O/c1-11(12-8-6-5-7-9-12)16-13(17)10-15-14(2,3)4/h11-12,15H,5-10H2,1-4H3,(H,16,17)/t11-/m0/s1. The van der Waals surface area contributed by atoms with Crippen LogP contribution in [0.3, 0.4) is 0 Å². The molecule has 1 atom stereocenters. The van der Waals surface area contributed by atoms with Gasteiger partial charge in [-0.05, 0) is 46.5 Å². The highest BCUT2D eigenvalue weighted by atomic mass is 16.2. The summed E-state index contributed by atoms with van der Waals surface area (Å²) < 4.78 is 0. The van der Waals surface area contributed by atoms with Gasteiger partial charge in [0.25, 0.3) is 0 Å². The van der Waals surface area contributed by atoms with Crippen LogP contribution in [-0.2, 0) is 4.79 Å². The zero-order chi connectivity index (χ0) is 12.9. The number of carbonyl (C=O) groups excluding carboxylic acids is 1. The maximum Gasteiger partial charge on any atom is 0.234 e. The van der Waals surface area contributed by atoms with Crippen LogP contribution in [0.2, 0.25) is 0 Å². The quantitative estimate of drug-likeness (QED) is 0.792. The second-order valence-electron chi connectivity index (χ2n) is 6.36. The van der Waals surface area contributed by atoms with Crippen molar-refractivity contribution in [1.29, 1.82) is 0 Å². The second kappa shape index (κ2) is 6.39. The minimum Gasteiger partial charge on any atom is -0.352 e. The van der Waals surface area contributed by atoms with E-state index in [4.69, 9.17) is 0 Å². The van der Waals surface area contributed by atoms with E-state index in [1.807, 2.05) is 0 Å². The molecule has 0 spiro atoms. The summed E-state index contributed by atoms with van der Waals surface area (Å²) in [5, 5.41) is 6.34. The molecule has 0 unspecified atom stereocenters. The van der Waals surface area contributed by atoms with E-state index in [1.54, 1.807) is 0 Å². The summed E-state index contributed by atoms with van der Waals surface area (Å²) in [4.78, 5) is 11.8. The van der Waals surface area contributed by atoms with Crippen molar-refractivity contribution in [2.75, 3.05) is 6.54 Å². The Hall–Kier alpha value is -0.570. The van der Waals surface area contributed by atoms with Crippen LogP contribution in [0.5, 0.6) is 0 Å². The van der Waals surface area contributed by atoms with Gasteiger partial charge in [-0.15, -0.1) is 0 Å². The second-order valence-corrected chi connectivity index (χ2v) is 6.36. The first-order valence-corrected chi connectivity index (χ1v) is 6.93. The summed E-state index contributed by atoms with van der Waals surface area (Å²) in [5.41, 5.74) is 0.00537. The molecule has 17 heavy (non-hydrogen) atoms. The molecular weight excluding hydrogens is 212 g/mol. The molecule has 0 aromatic heterocycles. The molecule has 3 heteroatoms. The number of rotatable bonds is 4. The first-order chi connectivity index (χ1) is 7.88. The van der Waals surface area contributed by atoms with Crippen molar-refractivity contribution < 1.29 is 4.79 Å². The van der Waals surface area contributed by atoms with Gasteiger partial charge in [0.15, 0.2) is 0 Å². The van der Waals surface area contributed by atoms with Crippen molar-refractivity contribution in [2.45, 2.75) is 71.4 Å². The lowest BCUT2D eigenvalue weighted by molar-refractivity contribution is -0.121. The fraction of sp³-hybridized carbons (Fsp3) is 0.929. The molecule has 0 saturated heterocycles. The van der Waals surface area contributed by atoms with E-state index in [2.05, 4.69) is 38.3 Å². The highest BCUT2D eigenvalue weighted by Gasteiger charge is 2.21. The van der Waals surface area contributed by atoms with Gasteiger partial charge in [0, 0.05) is 11.6 Å². The summed E-state index contributed by atoms with van der Waals surface area (Å²) in [6.45, 7) is 8.78. The largest absolute Gasteiger partial charge is 0.352 e. The maximum atomic E-state index is 11.8. The lowest BCUT2D eigenvalue weighted by Gasteiger charge is -2.29. The molecule has 0 heterocycles. The van der Waals surface area contributed by atoms with E-state index >= 15 is 0 Å². The van der Waals surface area contributed by atoms with Crippen LogP contribution in [0.15, 0.2) is 0 Å². The molecule has 0 aromatic rings. The molecule has 1 fully saturated rings. The monoisotopic (exact) mass is 240 g/mol. The predicted octanol–water partition coefficient (Wildman–Crippen LogP) is 2.46. The molecule has 0 radical (unpaired) electrons. The van der Waals surface area contributed by atoms with Gasteiger partial charge in [-0.1, -0.05) is 19.3 Å². The fourth-order valence-corrected chi connectivity index (χ4v) is 2.40. The van der Waals surface area contributed by atoms with Gasteiger partial charge in [0.2, 0.25) is 5.91 Å². The van der Waals surface area contributed by atoms with Crippen molar-refractivity contribution in [3.05, 3.63) is 0 Å². The molecule has 0 aliphatic heterocycles. The van der Waals surface area contributed by atoms with E-state index in [0.717, 1.165) is 0 Å². The minimum absolute atomic E-state index is 0.00537. The molecule has 1 saturated carbocycles. The van der Waals surface area contributed by atoms with Gasteiger partial charge >= 0.3 is 0 Å². The molecule has 1 aliphatic carbocycles. The highest BCUT2D eigenvalue weighted by Crippen LogP contribution is 2.26. The van der Waals surface area contributed by atoms with Crippen molar-refractivity contribution in [1.82, 2.24) is 10.6 Å². The number of hydrogen-bond donors (Lipinski definition) is 2. The van der Waals surface area contributed by atoms with Crippen LogP contribution in [0.1, 0.15) is 59.8 Å². The third kappa shape index (κ3) is 6.06. The molecule has 2 N–H and O–H groups in total.